The SMILES string of the molecule is OCC(O)CNc1ccc(Sc2cccc(C(F)(F)F)c2)cc1. The molecule has 2 aromatic rings. The zero-order chi connectivity index (χ0) is 16.9. The highest BCUT2D eigenvalue weighted by Crippen LogP contribution is 2.34. The van der Waals surface area contributed by atoms with E-state index in [2.05, 4.69) is 5.32 Å². The van der Waals surface area contributed by atoms with Gasteiger partial charge in [0, 0.05) is 22.0 Å². The summed E-state index contributed by atoms with van der Waals surface area (Å²) in [7, 11) is 0. The van der Waals surface area contributed by atoms with Gasteiger partial charge in [0.1, 0.15) is 0 Å². The smallest absolute Gasteiger partial charge is 0.394 e. The molecule has 0 radical (unpaired) electrons. The van der Waals surface area contributed by atoms with Gasteiger partial charge in [0.25, 0.3) is 0 Å². The van der Waals surface area contributed by atoms with Gasteiger partial charge in [-0.25, -0.2) is 0 Å². The summed E-state index contributed by atoms with van der Waals surface area (Å²) in [5.41, 5.74) is 0.0877. The largest absolute Gasteiger partial charge is 0.416 e. The second kappa shape index (κ2) is 7.72. The Labute approximate surface area is 136 Å². The number of aliphatic hydroxyl groups excluding tert-OH is 2. The monoisotopic (exact) mass is 343 g/mol. The minimum absolute atomic E-state index is 0.219. The number of aliphatic hydroxyl groups is 2. The third kappa shape index (κ3) is 5.46. The Morgan fingerprint density at radius 1 is 1.04 bits per heavy atom. The fraction of sp³-hybridized carbons (Fsp3) is 0.250. The van der Waals surface area contributed by atoms with Crippen LogP contribution in [0.25, 0.3) is 0 Å². The van der Waals surface area contributed by atoms with Crippen LogP contribution in [-0.4, -0.2) is 29.5 Å². The number of benzene rings is 2. The molecule has 0 aromatic heterocycles. The van der Waals surface area contributed by atoms with E-state index in [9.17, 15) is 18.3 Å². The van der Waals surface area contributed by atoms with Crippen molar-refractivity contribution < 1.29 is 23.4 Å². The molecule has 0 bridgehead atoms. The van der Waals surface area contributed by atoms with Crippen molar-refractivity contribution in [2.75, 3.05) is 18.5 Å². The van der Waals surface area contributed by atoms with E-state index in [1.165, 1.54) is 17.8 Å². The van der Waals surface area contributed by atoms with E-state index in [0.29, 0.717) is 4.90 Å². The molecule has 124 valence electrons. The van der Waals surface area contributed by atoms with E-state index < -0.39 is 17.8 Å². The molecule has 0 aliphatic carbocycles. The van der Waals surface area contributed by atoms with Crippen molar-refractivity contribution in [1.82, 2.24) is 0 Å². The zero-order valence-corrected chi connectivity index (χ0v) is 12.9. The number of rotatable bonds is 6. The summed E-state index contributed by atoms with van der Waals surface area (Å²) in [5, 5.41) is 20.9. The van der Waals surface area contributed by atoms with Gasteiger partial charge < -0.3 is 15.5 Å². The second-order valence-corrected chi connectivity index (χ2v) is 6.02. The van der Waals surface area contributed by atoms with Crippen molar-refractivity contribution in [3.63, 3.8) is 0 Å². The van der Waals surface area contributed by atoms with Crippen LogP contribution in [0.15, 0.2) is 58.3 Å². The fourth-order valence-corrected chi connectivity index (χ4v) is 2.69. The summed E-state index contributed by atoms with van der Waals surface area (Å²) >= 11 is 1.24. The van der Waals surface area contributed by atoms with E-state index in [1.54, 1.807) is 30.3 Å². The summed E-state index contributed by atoms with van der Waals surface area (Å²) < 4.78 is 38.0. The normalized spacial score (nSPS) is 12.9. The van der Waals surface area contributed by atoms with Crippen LogP contribution in [-0.2, 0) is 6.18 Å². The number of nitrogens with one attached hydrogen (secondary N) is 1. The van der Waals surface area contributed by atoms with Crippen molar-refractivity contribution in [1.29, 1.82) is 0 Å². The van der Waals surface area contributed by atoms with Crippen LogP contribution in [0.4, 0.5) is 18.9 Å². The number of hydrogen-bond donors (Lipinski definition) is 3. The van der Waals surface area contributed by atoms with Crippen molar-refractivity contribution in [3.05, 3.63) is 54.1 Å². The first-order valence-corrected chi connectivity index (χ1v) is 7.68. The lowest BCUT2D eigenvalue weighted by molar-refractivity contribution is -0.137. The highest BCUT2D eigenvalue weighted by Gasteiger charge is 2.30. The van der Waals surface area contributed by atoms with Gasteiger partial charge in [0.15, 0.2) is 0 Å². The maximum atomic E-state index is 12.7. The number of hydrogen-bond acceptors (Lipinski definition) is 4. The summed E-state index contributed by atoms with van der Waals surface area (Å²) in [4.78, 5) is 1.31. The predicted molar refractivity (Wildman–Crippen MR) is 83.6 cm³/mol. The van der Waals surface area contributed by atoms with Crippen LogP contribution in [0, 0.1) is 0 Å². The van der Waals surface area contributed by atoms with Gasteiger partial charge >= 0.3 is 6.18 Å². The second-order valence-electron chi connectivity index (χ2n) is 4.87. The average molecular weight is 343 g/mol. The van der Waals surface area contributed by atoms with Crippen LogP contribution in [0.5, 0.6) is 0 Å². The van der Waals surface area contributed by atoms with Crippen molar-refractivity contribution in [3.8, 4) is 0 Å². The van der Waals surface area contributed by atoms with Gasteiger partial charge in [-0.2, -0.15) is 13.2 Å². The molecule has 7 heteroatoms. The lowest BCUT2D eigenvalue weighted by atomic mass is 10.2. The maximum absolute atomic E-state index is 12.7. The Morgan fingerprint density at radius 2 is 1.74 bits per heavy atom. The molecule has 2 rings (SSSR count). The average Bonchev–Trinajstić information content (AvgIpc) is 2.53. The minimum Gasteiger partial charge on any atom is -0.394 e. The van der Waals surface area contributed by atoms with Gasteiger partial charge in [0.2, 0.25) is 0 Å². The van der Waals surface area contributed by atoms with Crippen LogP contribution in [0.1, 0.15) is 5.56 Å². The van der Waals surface area contributed by atoms with Crippen LogP contribution in [0.3, 0.4) is 0 Å². The third-order valence-electron chi connectivity index (χ3n) is 3.00. The molecule has 0 fully saturated rings. The standard InChI is InChI=1S/C16H16F3NO2S/c17-16(18,19)11-2-1-3-15(8-11)23-14-6-4-12(5-7-14)20-9-13(22)10-21/h1-8,13,20-22H,9-10H2. The lowest BCUT2D eigenvalue weighted by Crippen LogP contribution is -2.22. The molecule has 0 spiro atoms. The first-order chi connectivity index (χ1) is 10.9. The van der Waals surface area contributed by atoms with Crippen molar-refractivity contribution in [2.45, 2.75) is 22.1 Å². The van der Waals surface area contributed by atoms with Crippen LogP contribution in [0.2, 0.25) is 0 Å². The summed E-state index contributed by atoms with van der Waals surface area (Å²) in [5.74, 6) is 0. The summed E-state index contributed by atoms with van der Waals surface area (Å²) in [6, 6.07) is 12.3. The number of alkyl halides is 3. The number of halogens is 3. The van der Waals surface area contributed by atoms with Gasteiger partial charge in [-0.1, -0.05) is 17.8 Å². The molecular weight excluding hydrogens is 327 g/mol. The molecule has 0 amide bonds. The third-order valence-corrected chi connectivity index (χ3v) is 4.00. The zero-order valence-electron chi connectivity index (χ0n) is 12.0. The fourth-order valence-electron chi connectivity index (χ4n) is 1.81. The molecule has 0 heterocycles. The predicted octanol–water partition coefficient (Wildman–Crippen LogP) is 3.62. The van der Waals surface area contributed by atoms with Crippen LogP contribution >= 0.6 is 11.8 Å². The molecule has 3 N–H and O–H groups in total. The lowest BCUT2D eigenvalue weighted by Gasteiger charge is -2.11. The molecule has 23 heavy (non-hydrogen) atoms. The Balaban J connectivity index is 2.01. The first kappa shape index (κ1) is 17.7. The van der Waals surface area contributed by atoms with Gasteiger partial charge in [-0.05, 0) is 42.5 Å². The van der Waals surface area contributed by atoms with Crippen LogP contribution < -0.4 is 5.32 Å². The van der Waals surface area contributed by atoms with Gasteiger partial charge in [-0.15, -0.1) is 0 Å². The molecule has 0 aliphatic heterocycles. The van der Waals surface area contributed by atoms with E-state index in [4.69, 9.17) is 5.11 Å². The molecular formula is C16H16F3NO2S. The molecule has 2 aromatic carbocycles. The van der Waals surface area contributed by atoms with Gasteiger partial charge in [0.05, 0.1) is 18.3 Å². The molecule has 0 saturated heterocycles. The number of anilines is 1. The van der Waals surface area contributed by atoms with E-state index in [-0.39, 0.29) is 13.2 Å². The molecule has 3 nitrogen and oxygen atoms in total. The van der Waals surface area contributed by atoms with Crippen molar-refractivity contribution in [2.24, 2.45) is 0 Å². The van der Waals surface area contributed by atoms with E-state index in [0.717, 1.165) is 22.7 Å². The maximum Gasteiger partial charge on any atom is 0.416 e. The molecule has 0 aliphatic rings. The Kier molecular flexibility index (Phi) is 5.92. The molecule has 0 saturated carbocycles. The van der Waals surface area contributed by atoms with Gasteiger partial charge in [-0.3, -0.25) is 0 Å². The minimum atomic E-state index is -4.35. The molecule has 1 atom stereocenters. The Morgan fingerprint density at radius 3 is 2.35 bits per heavy atom. The first-order valence-electron chi connectivity index (χ1n) is 6.86. The summed E-state index contributed by atoms with van der Waals surface area (Å²) in [6.07, 6.45) is -5.19. The van der Waals surface area contributed by atoms with Crippen molar-refractivity contribution >= 4 is 17.4 Å². The highest BCUT2D eigenvalue weighted by molar-refractivity contribution is 7.99. The topological polar surface area (TPSA) is 52.5 Å². The van der Waals surface area contributed by atoms with E-state index in [1.807, 2.05) is 0 Å². The summed E-state index contributed by atoms with van der Waals surface area (Å²) in [6.45, 7) is -0.104. The highest BCUT2D eigenvalue weighted by atomic mass is 32.2. The molecule has 1 unspecified atom stereocenters. The quantitative estimate of drug-likeness (QED) is 0.750. The Bertz CT molecular complexity index is 632. The van der Waals surface area contributed by atoms with E-state index >= 15 is 0 Å². The Hall–Kier alpha value is -1.70.